The van der Waals surface area contributed by atoms with Gasteiger partial charge in [0.15, 0.2) is 0 Å². The second-order valence-corrected chi connectivity index (χ2v) is 7.84. The summed E-state index contributed by atoms with van der Waals surface area (Å²) in [5, 5.41) is 5.27. The molecular formula is C19H16ClN3O2S. The first-order valence-electron chi connectivity index (χ1n) is 8.12. The van der Waals surface area contributed by atoms with Crippen LogP contribution in [0.1, 0.15) is 21.9 Å². The van der Waals surface area contributed by atoms with Gasteiger partial charge in [0.2, 0.25) is 0 Å². The lowest BCUT2D eigenvalue weighted by molar-refractivity contribution is 0.392. The second-order valence-electron chi connectivity index (χ2n) is 6.20. The number of aryl methyl sites for hydroxylation is 3. The standard InChI is InChI=1S/C19H16ClN3O2S/c1-10-15(11(2)25-22-10)8-23-9-21-18-17(19(23)24)16(12(3)26-18)13-4-6-14(20)7-5-13/h4-7,9H,8H2,1-3H3. The number of thiophene rings is 1. The van der Waals surface area contributed by atoms with E-state index in [0.717, 1.165) is 32.1 Å². The summed E-state index contributed by atoms with van der Waals surface area (Å²) in [6, 6.07) is 7.53. The minimum absolute atomic E-state index is 0.0655. The van der Waals surface area contributed by atoms with Gasteiger partial charge in [-0.05, 0) is 38.5 Å². The number of aromatic nitrogens is 3. The van der Waals surface area contributed by atoms with Crippen molar-refractivity contribution in [2.45, 2.75) is 27.3 Å². The summed E-state index contributed by atoms with van der Waals surface area (Å²) in [5.41, 5.74) is 3.52. The minimum atomic E-state index is -0.0655. The van der Waals surface area contributed by atoms with Crippen molar-refractivity contribution < 1.29 is 4.52 Å². The molecule has 4 aromatic rings. The van der Waals surface area contributed by atoms with Gasteiger partial charge in [-0.15, -0.1) is 11.3 Å². The van der Waals surface area contributed by atoms with Crippen molar-refractivity contribution in [2.24, 2.45) is 0 Å². The Morgan fingerprint density at radius 2 is 1.92 bits per heavy atom. The van der Waals surface area contributed by atoms with Gasteiger partial charge in [-0.3, -0.25) is 9.36 Å². The lowest BCUT2D eigenvalue weighted by Crippen LogP contribution is -2.21. The smallest absolute Gasteiger partial charge is 0.263 e. The molecule has 0 atom stereocenters. The molecule has 0 amide bonds. The molecule has 0 aliphatic heterocycles. The number of hydrogen-bond donors (Lipinski definition) is 0. The van der Waals surface area contributed by atoms with Crippen LogP contribution < -0.4 is 5.56 Å². The highest BCUT2D eigenvalue weighted by Crippen LogP contribution is 2.35. The molecule has 0 bridgehead atoms. The lowest BCUT2D eigenvalue weighted by Gasteiger charge is -2.06. The van der Waals surface area contributed by atoms with Crippen LogP contribution in [0.3, 0.4) is 0 Å². The summed E-state index contributed by atoms with van der Waals surface area (Å²) in [7, 11) is 0. The maximum Gasteiger partial charge on any atom is 0.263 e. The van der Waals surface area contributed by atoms with Gasteiger partial charge in [-0.1, -0.05) is 28.9 Å². The van der Waals surface area contributed by atoms with Crippen LogP contribution in [0.15, 0.2) is 39.9 Å². The second kappa shape index (κ2) is 6.37. The summed E-state index contributed by atoms with van der Waals surface area (Å²) >= 11 is 7.53. The molecule has 0 saturated carbocycles. The van der Waals surface area contributed by atoms with Gasteiger partial charge in [0.05, 0.1) is 24.0 Å². The fraction of sp³-hybridized carbons (Fsp3) is 0.211. The van der Waals surface area contributed by atoms with Crippen LogP contribution in [-0.2, 0) is 6.54 Å². The van der Waals surface area contributed by atoms with E-state index >= 15 is 0 Å². The zero-order valence-corrected chi connectivity index (χ0v) is 16.1. The maximum absolute atomic E-state index is 13.2. The number of hydrogen-bond acceptors (Lipinski definition) is 5. The zero-order valence-electron chi connectivity index (χ0n) is 14.5. The van der Waals surface area contributed by atoms with E-state index in [9.17, 15) is 4.79 Å². The number of nitrogens with zero attached hydrogens (tertiary/aromatic N) is 3. The van der Waals surface area contributed by atoms with Crippen molar-refractivity contribution in [2.75, 3.05) is 0 Å². The van der Waals surface area contributed by atoms with Crippen LogP contribution in [0.4, 0.5) is 0 Å². The first-order valence-corrected chi connectivity index (χ1v) is 9.31. The monoisotopic (exact) mass is 385 g/mol. The third-order valence-electron chi connectivity index (χ3n) is 4.50. The number of halogens is 1. The molecule has 26 heavy (non-hydrogen) atoms. The lowest BCUT2D eigenvalue weighted by atomic mass is 10.0. The van der Waals surface area contributed by atoms with E-state index < -0.39 is 0 Å². The molecule has 0 fully saturated rings. The summed E-state index contributed by atoms with van der Waals surface area (Å²) in [5.74, 6) is 0.717. The molecule has 0 aliphatic carbocycles. The molecule has 0 saturated heterocycles. The average Bonchev–Trinajstić information content (AvgIpc) is 3.12. The average molecular weight is 386 g/mol. The van der Waals surface area contributed by atoms with Gasteiger partial charge in [0, 0.05) is 21.0 Å². The molecular weight excluding hydrogens is 370 g/mol. The highest BCUT2D eigenvalue weighted by molar-refractivity contribution is 7.19. The molecule has 0 aliphatic rings. The largest absolute Gasteiger partial charge is 0.361 e. The number of fused-ring (bicyclic) bond motifs is 1. The normalized spacial score (nSPS) is 11.4. The fourth-order valence-electron chi connectivity index (χ4n) is 3.11. The maximum atomic E-state index is 13.2. The first kappa shape index (κ1) is 17.0. The quantitative estimate of drug-likeness (QED) is 0.511. The van der Waals surface area contributed by atoms with Crippen LogP contribution in [0, 0.1) is 20.8 Å². The molecule has 132 valence electrons. The summed E-state index contributed by atoms with van der Waals surface area (Å²) < 4.78 is 6.82. The highest BCUT2D eigenvalue weighted by Gasteiger charge is 2.18. The van der Waals surface area contributed by atoms with Gasteiger partial charge in [0.1, 0.15) is 10.6 Å². The Bertz CT molecular complexity index is 1150. The molecule has 0 N–H and O–H groups in total. The third kappa shape index (κ3) is 2.75. The van der Waals surface area contributed by atoms with Crippen molar-refractivity contribution in [1.29, 1.82) is 0 Å². The Balaban J connectivity index is 1.91. The number of rotatable bonds is 3. The Kier molecular flexibility index (Phi) is 4.17. The Labute approximate surface area is 158 Å². The molecule has 0 spiro atoms. The minimum Gasteiger partial charge on any atom is -0.361 e. The topological polar surface area (TPSA) is 60.9 Å². The van der Waals surface area contributed by atoms with Crippen molar-refractivity contribution in [3.05, 3.63) is 67.9 Å². The predicted octanol–water partition coefficient (Wildman–Crippen LogP) is 4.74. The Morgan fingerprint density at radius 1 is 1.19 bits per heavy atom. The van der Waals surface area contributed by atoms with E-state index in [1.807, 2.05) is 45.0 Å². The third-order valence-corrected chi connectivity index (χ3v) is 5.76. The van der Waals surface area contributed by atoms with Gasteiger partial charge >= 0.3 is 0 Å². The molecule has 1 aromatic carbocycles. The van der Waals surface area contributed by atoms with Crippen molar-refractivity contribution >= 4 is 33.2 Å². The van der Waals surface area contributed by atoms with E-state index in [4.69, 9.17) is 16.1 Å². The molecule has 3 heterocycles. The Hall–Kier alpha value is -2.44. The summed E-state index contributed by atoms with van der Waals surface area (Å²) in [4.78, 5) is 19.5. The molecule has 3 aromatic heterocycles. The van der Waals surface area contributed by atoms with Crippen molar-refractivity contribution in [3.8, 4) is 11.1 Å². The zero-order chi connectivity index (χ0) is 18.4. The molecule has 4 rings (SSSR count). The first-order chi connectivity index (χ1) is 12.5. The highest BCUT2D eigenvalue weighted by atomic mass is 35.5. The van der Waals surface area contributed by atoms with E-state index in [2.05, 4.69) is 10.1 Å². The van der Waals surface area contributed by atoms with Crippen LogP contribution in [0.5, 0.6) is 0 Å². The van der Waals surface area contributed by atoms with Crippen LogP contribution >= 0.6 is 22.9 Å². The SMILES string of the molecule is Cc1noc(C)c1Cn1cnc2sc(C)c(-c3ccc(Cl)cc3)c2c1=O. The van der Waals surface area contributed by atoms with Gasteiger partial charge in [-0.2, -0.15) is 0 Å². The van der Waals surface area contributed by atoms with Crippen molar-refractivity contribution in [3.63, 3.8) is 0 Å². The predicted molar refractivity (Wildman–Crippen MR) is 104 cm³/mol. The van der Waals surface area contributed by atoms with Crippen molar-refractivity contribution in [1.82, 2.24) is 14.7 Å². The van der Waals surface area contributed by atoms with Gasteiger partial charge < -0.3 is 4.52 Å². The molecule has 0 unspecified atom stereocenters. The van der Waals surface area contributed by atoms with Gasteiger partial charge in [0.25, 0.3) is 5.56 Å². The Morgan fingerprint density at radius 3 is 2.58 bits per heavy atom. The van der Waals surface area contributed by atoms with E-state index in [0.29, 0.717) is 22.7 Å². The van der Waals surface area contributed by atoms with E-state index in [1.165, 1.54) is 11.3 Å². The molecule has 0 radical (unpaired) electrons. The van der Waals surface area contributed by atoms with E-state index in [1.54, 1.807) is 10.9 Å². The van der Waals surface area contributed by atoms with Crippen LogP contribution in [0.25, 0.3) is 21.3 Å². The summed E-state index contributed by atoms with van der Waals surface area (Å²) in [6.45, 7) is 6.11. The molecule has 7 heteroatoms. The summed E-state index contributed by atoms with van der Waals surface area (Å²) in [6.07, 6.45) is 1.60. The van der Waals surface area contributed by atoms with E-state index in [-0.39, 0.29) is 5.56 Å². The van der Waals surface area contributed by atoms with Crippen LogP contribution in [-0.4, -0.2) is 14.7 Å². The van der Waals surface area contributed by atoms with Gasteiger partial charge in [-0.25, -0.2) is 4.98 Å². The number of benzene rings is 1. The van der Waals surface area contributed by atoms with Crippen LogP contribution in [0.2, 0.25) is 5.02 Å². The molecule has 5 nitrogen and oxygen atoms in total. The fourth-order valence-corrected chi connectivity index (χ4v) is 4.24.